The van der Waals surface area contributed by atoms with Gasteiger partial charge in [-0.1, -0.05) is 26.0 Å². The monoisotopic (exact) mass is 334 g/mol. The van der Waals surface area contributed by atoms with Crippen LogP contribution in [0, 0.1) is 5.92 Å². The Bertz CT molecular complexity index is 518. The lowest BCUT2D eigenvalue weighted by atomic mass is 9.97. The third-order valence-electron chi connectivity index (χ3n) is 3.46. The zero-order chi connectivity index (χ0) is 17.8. The van der Waals surface area contributed by atoms with E-state index in [4.69, 9.17) is 10.5 Å². The Kier molecular flexibility index (Phi) is 6.40. The Labute approximate surface area is 132 Å². The van der Waals surface area contributed by atoms with Crippen LogP contribution in [0.5, 0.6) is 5.75 Å². The van der Waals surface area contributed by atoms with Crippen LogP contribution in [0.3, 0.4) is 0 Å². The SMILES string of the molecule is COc1ccc(C(N)C(=O)N[C@@H](C(C)C)[C@H](O)C(F)(F)F)cc1. The second-order valence-electron chi connectivity index (χ2n) is 5.52. The molecule has 0 saturated carbocycles. The van der Waals surface area contributed by atoms with Gasteiger partial charge in [-0.25, -0.2) is 0 Å². The van der Waals surface area contributed by atoms with Crippen LogP contribution in [-0.2, 0) is 4.79 Å². The number of rotatable bonds is 6. The molecule has 130 valence electrons. The summed E-state index contributed by atoms with van der Waals surface area (Å²) < 4.78 is 43.0. The van der Waals surface area contributed by atoms with E-state index in [2.05, 4.69) is 5.32 Å². The van der Waals surface area contributed by atoms with Gasteiger partial charge >= 0.3 is 6.18 Å². The van der Waals surface area contributed by atoms with Crippen LogP contribution in [0.2, 0.25) is 0 Å². The van der Waals surface area contributed by atoms with E-state index in [1.54, 1.807) is 24.3 Å². The Balaban J connectivity index is 2.85. The molecule has 0 spiro atoms. The molecule has 1 amide bonds. The van der Waals surface area contributed by atoms with Gasteiger partial charge in [-0.15, -0.1) is 0 Å². The number of methoxy groups -OCH3 is 1. The van der Waals surface area contributed by atoms with Gasteiger partial charge in [-0.2, -0.15) is 13.2 Å². The largest absolute Gasteiger partial charge is 0.497 e. The van der Waals surface area contributed by atoms with Gasteiger partial charge in [0.2, 0.25) is 5.91 Å². The first-order valence-corrected chi connectivity index (χ1v) is 7.02. The highest BCUT2D eigenvalue weighted by atomic mass is 19.4. The fraction of sp³-hybridized carbons (Fsp3) is 0.533. The van der Waals surface area contributed by atoms with E-state index in [0.717, 1.165) is 0 Å². The summed E-state index contributed by atoms with van der Waals surface area (Å²) in [5.74, 6) is -0.857. The molecule has 0 aliphatic rings. The summed E-state index contributed by atoms with van der Waals surface area (Å²) in [5, 5.41) is 11.6. The Morgan fingerprint density at radius 1 is 1.26 bits per heavy atom. The smallest absolute Gasteiger partial charge is 0.416 e. The highest BCUT2D eigenvalue weighted by Gasteiger charge is 2.45. The zero-order valence-corrected chi connectivity index (χ0v) is 13.1. The summed E-state index contributed by atoms with van der Waals surface area (Å²) >= 11 is 0. The number of nitrogens with one attached hydrogen (secondary N) is 1. The molecule has 0 fully saturated rings. The maximum atomic E-state index is 12.7. The van der Waals surface area contributed by atoms with Crippen molar-refractivity contribution in [1.29, 1.82) is 0 Å². The average molecular weight is 334 g/mol. The number of hydrogen-bond acceptors (Lipinski definition) is 4. The van der Waals surface area contributed by atoms with Crippen molar-refractivity contribution in [1.82, 2.24) is 5.32 Å². The lowest BCUT2D eigenvalue weighted by Crippen LogP contribution is -2.54. The quantitative estimate of drug-likeness (QED) is 0.740. The van der Waals surface area contributed by atoms with Crippen molar-refractivity contribution in [2.45, 2.75) is 38.2 Å². The summed E-state index contributed by atoms with van der Waals surface area (Å²) in [6.07, 6.45) is -7.48. The van der Waals surface area contributed by atoms with Gasteiger partial charge in [0.1, 0.15) is 11.8 Å². The fourth-order valence-corrected chi connectivity index (χ4v) is 2.03. The van der Waals surface area contributed by atoms with Crippen LogP contribution in [0.25, 0.3) is 0 Å². The lowest BCUT2D eigenvalue weighted by molar-refractivity contribution is -0.215. The number of nitrogens with two attached hydrogens (primary N) is 1. The molecule has 0 aromatic heterocycles. The normalized spacial score (nSPS) is 15.9. The summed E-state index contributed by atoms with van der Waals surface area (Å²) in [6.45, 7) is 2.94. The molecule has 23 heavy (non-hydrogen) atoms. The van der Waals surface area contributed by atoms with Crippen LogP contribution in [0.1, 0.15) is 25.5 Å². The highest BCUT2D eigenvalue weighted by Crippen LogP contribution is 2.26. The van der Waals surface area contributed by atoms with Gasteiger partial charge in [0, 0.05) is 0 Å². The zero-order valence-electron chi connectivity index (χ0n) is 13.1. The molecular weight excluding hydrogens is 313 g/mol. The van der Waals surface area contributed by atoms with Gasteiger partial charge in [0.05, 0.1) is 13.2 Å². The molecule has 0 bridgehead atoms. The molecule has 0 aliphatic carbocycles. The number of aliphatic hydroxyl groups excluding tert-OH is 1. The number of carbonyl (C=O) groups is 1. The van der Waals surface area contributed by atoms with Crippen molar-refractivity contribution in [3.63, 3.8) is 0 Å². The molecule has 5 nitrogen and oxygen atoms in total. The molecule has 8 heteroatoms. The molecule has 3 atom stereocenters. The predicted molar refractivity (Wildman–Crippen MR) is 78.8 cm³/mol. The van der Waals surface area contributed by atoms with Crippen LogP contribution in [0.15, 0.2) is 24.3 Å². The molecule has 0 saturated heterocycles. The maximum absolute atomic E-state index is 12.7. The Morgan fingerprint density at radius 2 is 1.78 bits per heavy atom. The Hall–Kier alpha value is -1.80. The van der Waals surface area contributed by atoms with Crippen LogP contribution < -0.4 is 15.8 Å². The average Bonchev–Trinajstić information content (AvgIpc) is 2.49. The minimum absolute atomic E-state index is 0.423. The van der Waals surface area contributed by atoms with E-state index < -0.39 is 36.2 Å². The maximum Gasteiger partial charge on any atom is 0.416 e. The van der Waals surface area contributed by atoms with E-state index in [1.165, 1.54) is 21.0 Å². The number of ether oxygens (including phenoxy) is 1. The minimum atomic E-state index is -4.83. The van der Waals surface area contributed by atoms with Gasteiger partial charge < -0.3 is 20.9 Å². The molecular formula is C15H21F3N2O3. The minimum Gasteiger partial charge on any atom is -0.497 e. The van der Waals surface area contributed by atoms with E-state index in [1.807, 2.05) is 0 Å². The first-order chi connectivity index (χ1) is 10.6. The van der Waals surface area contributed by atoms with Crippen molar-refractivity contribution in [3.8, 4) is 5.75 Å². The standard InChI is InChI=1S/C15H21F3N2O3/c1-8(2)12(13(21)15(16,17)18)20-14(22)11(19)9-4-6-10(23-3)7-5-9/h4-8,11-13,21H,19H2,1-3H3,(H,20,22)/t11?,12-,13-/m0/s1. The first kappa shape index (κ1) is 19.2. The number of amides is 1. The number of halogens is 3. The molecule has 0 aliphatic heterocycles. The van der Waals surface area contributed by atoms with Crippen LogP contribution in [-0.4, -0.2) is 36.4 Å². The van der Waals surface area contributed by atoms with Gasteiger partial charge in [-0.3, -0.25) is 4.79 Å². The van der Waals surface area contributed by atoms with Crippen molar-refractivity contribution in [3.05, 3.63) is 29.8 Å². The predicted octanol–water partition coefficient (Wildman–Crippen LogP) is 1.76. The number of alkyl halides is 3. The van der Waals surface area contributed by atoms with Gasteiger partial charge in [0.15, 0.2) is 6.10 Å². The molecule has 0 heterocycles. The van der Waals surface area contributed by atoms with Gasteiger partial charge in [-0.05, 0) is 23.6 Å². The van der Waals surface area contributed by atoms with Gasteiger partial charge in [0.25, 0.3) is 0 Å². The van der Waals surface area contributed by atoms with E-state index >= 15 is 0 Å². The fourth-order valence-electron chi connectivity index (χ4n) is 2.03. The van der Waals surface area contributed by atoms with Crippen molar-refractivity contribution in [2.75, 3.05) is 7.11 Å². The first-order valence-electron chi connectivity index (χ1n) is 7.02. The number of hydrogen-bond donors (Lipinski definition) is 3. The molecule has 4 N–H and O–H groups in total. The molecule has 1 unspecified atom stereocenters. The number of benzene rings is 1. The molecule has 1 aromatic carbocycles. The summed E-state index contributed by atoms with van der Waals surface area (Å²) in [7, 11) is 1.48. The van der Waals surface area contributed by atoms with Crippen molar-refractivity contribution >= 4 is 5.91 Å². The summed E-state index contributed by atoms with van der Waals surface area (Å²) in [5.41, 5.74) is 6.20. The van der Waals surface area contributed by atoms with E-state index in [9.17, 15) is 23.1 Å². The van der Waals surface area contributed by atoms with E-state index in [0.29, 0.717) is 11.3 Å². The second-order valence-corrected chi connectivity index (χ2v) is 5.52. The van der Waals surface area contributed by atoms with Crippen molar-refractivity contribution in [2.24, 2.45) is 11.7 Å². The highest BCUT2D eigenvalue weighted by molar-refractivity contribution is 5.83. The van der Waals surface area contributed by atoms with Crippen molar-refractivity contribution < 1.29 is 27.8 Å². The number of aliphatic hydroxyl groups is 1. The molecule has 0 radical (unpaired) electrons. The third kappa shape index (κ3) is 5.11. The Morgan fingerprint density at radius 3 is 2.17 bits per heavy atom. The third-order valence-corrected chi connectivity index (χ3v) is 3.46. The van der Waals surface area contributed by atoms with Crippen LogP contribution >= 0.6 is 0 Å². The van der Waals surface area contributed by atoms with Crippen LogP contribution in [0.4, 0.5) is 13.2 Å². The molecule has 1 rings (SSSR count). The summed E-state index contributed by atoms with van der Waals surface area (Å²) in [4.78, 5) is 12.1. The van der Waals surface area contributed by atoms with E-state index in [-0.39, 0.29) is 0 Å². The second kappa shape index (κ2) is 7.65. The summed E-state index contributed by atoms with van der Waals surface area (Å²) in [6, 6.07) is 3.65. The molecule has 1 aromatic rings. The lowest BCUT2D eigenvalue weighted by Gasteiger charge is -2.29. The number of carbonyl (C=O) groups excluding carboxylic acids is 1. The topological polar surface area (TPSA) is 84.6 Å².